The van der Waals surface area contributed by atoms with E-state index in [0.29, 0.717) is 19.5 Å². The third-order valence-electron chi connectivity index (χ3n) is 3.86. The van der Waals surface area contributed by atoms with Crippen LogP contribution in [-0.4, -0.2) is 42.8 Å². The van der Waals surface area contributed by atoms with Gasteiger partial charge in [0.05, 0.1) is 11.9 Å². The van der Waals surface area contributed by atoms with Gasteiger partial charge in [-0.1, -0.05) is 12.8 Å². The average Bonchev–Trinajstić information content (AvgIpc) is 2.14. The molecule has 4 nitrogen and oxygen atoms in total. The first kappa shape index (κ1) is 11.4. The van der Waals surface area contributed by atoms with Crippen molar-refractivity contribution in [1.29, 1.82) is 0 Å². The van der Waals surface area contributed by atoms with Crippen LogP contribution >= 0.6 is 0 Å². The van der Waals surface area contributed by atoms with E-state index in [1.807, 2.05) is 0 Å². The van der Waals surface area contributed by atoms with Gasteiger partial charge in [-0.2, -0.15) is 0 Å². The molecule has 2 unspecified atom stereocenters. The zero-order valence-corrected chi connectivity index (χ0v) is 9.96. The lowest BCUT2D eigenvalue weighted by Gasteiger charge is -2.46. The maximum absolute atomic E-state index is 11.4. The molecule has 1 saturated heterocycles. The summed E-state index contributed by atoms with van der Waals surface area (Å²) in [6.45, 7) is 0.987. The molecular formula is C10H19NO3S. The van der Waals surface area contributed by atoms with E-state index in [-0.39, 0.29) is 5.92 Å². The Morgan fingerprint density at radius 2 is 2.07 bits per heavy atom. The average molecular weight is 233 g/mol. The molecule has 1 N–H and O–H groups in total. The highest BCUT2D eigenvalue weighted by molar-refractivity contribution is 7.88. The minimum Gasteiger partial charge on any atom is -0.390 e. The van der Waals surface area contributed by atoms with Crippen molar-refractivity contribution < 1.29 is 13.5 Å². The molecule has 88 valence electrons. The van der Waals surface area contributed by atoms with Crippen LogP contribution in [0.15, 0.2) is 0 Å². The Labute approximate surface area is 91.3 Å². The maximum Gasteiger partial charge on any atom is 0.211 e. The van der Waals surface area contributed by atoms with Crippen molar-refractivity contribution in [2.24, 2.45) is 5.92 Å². The van der Waals surface area contributed by atoms with E-state index in [0.717, 1.165) is 25.7 Å². The summed E-state index contributed by atoms with van der Waals surface area (Å²) in [4.78, 5) is 0. The van der Waals surface area contributed by atoms with Crippen LogP contribution in [0.5, 0.6) is 0 Å². The summed E-state index contributed by atoms with van der Waals surface area (Å²) < 4.78 is 24.3. The SMILES string of the molecule is CS(=O)(=O)N1CCC2(O)CCCCC2C1. The third kappa shape index (κ3) is 2.19. The number of hydrogen-bond donors (Lipinski definition) is 1. The third-order valence-corrected chi connectivity index (χ3v) is 5.13. The van der Waals surface area contributed by atoms with Crippen molar-refractivity contribution in [1.82, 2.24) is 4.31 Å². The molecule has 0 bridgehead atoms. The Bertz CT molecular complexity index is 341. The Balaban J connectivity index is 2.12. The smallest absolute Gasteiger partial charge is 0.211 e. The van der Waals surface area contributed by atoms with Crippen LogP contribution in [0.25, 0.3) is 0 Å². The van der Waals surface area contributed by atoms with Gasteiger partial charge >= 0.3 is 0 Å². The number of sulfonamides is 1. The summed E-state index contributed by atoms with van der Waals surface area (Å²) in [5.74, 6) is 0.148. The van der Waals surface area contributed by atoms with Gasteiger partial charge in [-0.05, 0) is 19.3 Å². The fraction of sp³-hybridized carbons (Fsp3) is 1.00. The van der Waals surface area contributed by atoms with Crippen LogP contribution in [0.4, 0.5) is 0 Å². The zero-order valence-electron chi connectivity index (χ0n) is 9.15. The predicted molar refractivity (Wildman–Crippen MR) is 57.9 cm³/mol. The van der Waals surface area contributed by atoms with Crippen LogP contribution in [0, 0.1) is 5.92 Å². The first-order valence-corrected chi connectivity index (χ1v) is 7.44. The van der Waals surface area contributed by atoms with Crippen LogP contribution in [-0.2, 0) is 10.0 Å². The van der Waals surface area contributed by atoms with Gasteiger partial charge in [0.2, 0.25) is 10.0 Å². The molecule has 2 rings (SSSR count). The number of rotatable bonds is 1. The number of nitrogens with zero attached hydrogens (tertiary/aromatic N) is 1. The largest absolute Gasteiger partial charge is 0.390 e. The molecule has 2 atom stereocenters. The number of fused-ring (bicyclic) bond motifs is 1. The lowest BCUT2D eigenvalue weighted by atomic mass is 9.72. The molecule has 2 aliphatic rings. The van der Waals surface area contributed by atoms with Crippen molar-refractivity contribution in [3.63, 3.8) is 0 Å². The molecule has 1 heterocycles. The fourth-order valence-corrected chi connectivity index (χ4v) is 3.72. The summed E-state index contributed by atoms with van der Waals surface area (Å²) >= 11 is 0. The minimum atomic E-state index is -3.08. The number of piperidine rings is 1. The second-order valence-electron chi connectivity index (χ2n) is 4.92. The summed E-state index contributed by atoms with van der Waals surface area (Å²) in [6, 6.07) is 0. The fourth-order valence-electron chi connectivity index (χ4n) is 2.84. The first-order valence-electron chi connectivity index (χ1n) is 5.59. The Kier molecular flexibility index (Phi) is 2.81. The van der Waals surface area contributed by atoms with Crippen molar-refractivity contribution in [2.75, 3.05) is 19.3 Å². The van der Waals surface area contributed by atoms with Gasteiger partial charge in [-0.15, -0.1) is 0 Å². The van der Waals surface area contributed by atoms with E-state index in [9.17, 15) is 13.5 Å². The lowest BCUT2D eigenvalue weighted by Crippen LogP contribution is -2.54. The van der Waals surface area contributed by atoms with E-state index in [1.165, 1.54) is 10.6 Å². The van der Waals surface area contributed by atoms with Crippen molar-refractivity contribution in [3.8, 4) is 0 Å². The quantitative estimate of drug-likeness (QED) is 0.720. The molecule has 0 aromatic heterocycles. The second-order valence-corrected chi connectivity index (χ2v) is 6.90. The maximum atomic E-state index is 11.4. The first-order chi connectivity index (χ1) is 6.92. The number of hydrogen-bond acceptors (Lipinski definition) is 3. The molecule has 0 aromatic carbocycles. The van der Waals surface area contributed by atoms with Crippen molar-refractivity contribution in [2.45, 2.75) is 37.7 Å². The molecular weight excluding hydrogens is 214 g/mol. The van der Waals surface area contributed by atoms with Gasteiger partial charge in [0.15, 0.2) is 0 Å². The second kappa shape index (κ2) is 3.71. The van der Waals surface area contributed by atoms with E-state index in [1.54, 1.807) is 0 Å². The van der Waals surface area contributed by atoms with Crippen LogP contribution in [0.3, 0.4) is 0 Å². The molecule has 0 amide bonds. The highest BCUT2D eigenvalue weighted by atomic mass is 32.2. The summed E-state index contributed by atoms with van der Waals surface area (Å²) in [7, 11) is -3.08. The topological polar surface area (TPSA) is 57.6 Å². The molecule has 0 radical (unpaired) electrons. The minimum absolute atomic E-state index is 0.148. The van der Waals surface area contributed by atoms with Gasteiger partial charge in [-0.25, -0.2) is 12.7 Å². The van der Waals surface area contributed by atoms with Gasteiger partial charge in [0.1, 0.15) is 0 Å². The zero-order chi connectivity index (χ0) is 11.1. The van der Waals surface area contributed by atoms with Crippen LogP contribution in [0.2, 0.25) is 0 Å². The highest BCUT2D eigenvalue weighted by Crippen LogP contribution is 2.40. The highest BCUT2D eigenvalue weighted by Gasteiger charge is 2.44. The molecule has 1 saturated carbocycles. The van der Waals surface area contributed by atoms with E-state index in [2.05, 4.69) is 0 Å². The molecule has 1 aliphatic carbocycles. The van der Waals surface area contributed by atoms with E-state index < -0.39 is 15.6 Å². The van der Waals surface area contributed by atoms with Gasteiger partial charge in [0.25, 0.3) is 0 Å². The molecule has 0 aromatic rings. The lowest BCUT2D eigenvalue weighted by molar-refractivity contribution is -0.0815. The normalized spacial score (nSPS) is 38.7. The molecule has 0 spiro atoms. The van der Waals surface area contributed by atoms with Crippen molar-refractivity contribution in [3.05, 3.63) is 0 Å². The summed E-state index contributed by atoms with van der Waals surface area (Å²) in [5.41, 5.74) is -0.584. The van der Waals surface area contributed by atoms with Crippen LogP contribution < -0.4 is 0 Å². The Morgan fingerprint density at radius 3 is 2.73 bits per heavy atom. The molecule has 1 aliphatic heterocycles. The molecule has 2 fully saturated rings. The van der Waals surface area contributed by atoms with Gasteiger partial charge in [0, 0.05) is 19.0 Å². The van der Waals surface area contributed by atoms with Crippen molar-refractivity contribution >= 4 is 10.0 Å². The summed E-state index contributed by atoms with van der Waals surface area (Å²) in [6.07, 6.45) is 5.85. The van der Waals surface area contributed by atoms with Gasteiger partial charge in [-0.3, -0.25) is 0 Å². The summed E-state index contributed by atoms with van der Waals surface area (Å²) in [5, 5.41) is 10.4. The number of aliphatic hydroxyl groups is 1. The van der Waals surface area contributed by atoms with Crippen LogP contribution in [0.1, 0.15) is 32.1 Å². The molecule has 5 heteroatoms. The monoisotopic (exact) mass is 233 g/mol. The standard InChI is InChI=1S/C10H19NO3S/c1-15(13,14)11-7-6-10(12)5-3-2-4-9(10)8-11/h9,12H,2-8H2,1H3. The van der Waals surface area contributed by atoms with E-state index in [4.69, 9.17) is 0 Å². The molecule has 15 heavy (non-hydrogen) atoms. The van der Waals surface area contributed by atoms with E-state index >= 15 is 0 Å². The Hall–Kier alpha value is -0.130. The van der Waals surface area contributed by atoms with Gasteiger partial charge < -0.3 is 5.11 Å². The Morgan fingerprint density at radius 1 is 1.33 bits per heavy atom. The predicted octanol–water partition coefficient (Wildman–Crippen LogP) is 0.573.